The molecular formula is C24H32N2O4S. The molecule has 1 fully saturated rings. The van der Waals surface area contributed by atoms with Crippen LogP contribution in [0.3, 0.4) is 0 Å². The number of anilines is 1. The molecule has 1 aliphatic rings. The summed E-state index contributed by atoms with van der Waals surface area (Å²) in [7, 11) is -3.83. The fourth-order valence-electron chi connectivity index (χ4n) is 3.77. The van der Waals surface area contributed by atoms with Gasteiger partial charge < -0.3 is 10.1 Å². The Morgan fingerprint density at radius 1 is 1.16 bits per heavy atom. The Kier molecular flexibility index (Phi) is 7.86. The number of rotatable bonds is 9. The van der Waals surface area contributed by atoms with Crippen molar-refractivity contribution in [3.8, 4) is 0 Å². The molecule has 0 bridgehead atoms. The van der Waals surface area contributed by atoms with Crippen LogP contribution in [-0.2, 0) is 26.0 Å². The lowest BCUT2D eigenvalue weighted by Crippen LogP contribution is -2.42. The largest absolute Gasteiger partial charge is 0.377 e. The van der Waals surface area contributed by atoms with E-state index in [9.17, 15) is 13.2 Å². The second-order valence-corrected chi connectivity index (χ2v) is 10.1. The van der Waals surface area contributed by atoms with Gasteiger partial charge in [-0.2, -0.15) is 4.31 Å². The van der Waals surface area contributed by atoms with E-state index in [-0.39, 0.29) is 30.0 Å². The fourth-order valence-corrected chi connectivity index (χ4v) is 5.19. The number of benzene rings is 2. The third-order valence-corrected chi connectivity index (χ3v) is 7.56. The van der Waals surface area contributed by atoms with E-state index < -0.39 is 10.0 Å². The number of carbonyl (C=O) groups is 1. The highest BCUT2D eigenvalue weighted by molar-refractivity contribution is 7.89. The van der Waals surface area contributed by atoms with E-state index >= 15 is 0 Å². The molecule has 1 aliphatic heterocycles. The number of aryl methyl sites for hydroxylation is 2. The summed E-state index contributed by atoms with van der Waals surface area (Å²) in [6.45, 7) is 6.53. The molecule has 1 atom stereocenters. The number of hydrogen-bond donors (Lipinski definition) is 1. The number of ether oxygens (including phenoxy) is 1. The number of amides is 1. The first-order valence-electron chi connectivity index (χ1n) is 10.9. The van der Waals surface area contributed by atoms with E-state index in [2.05, 4.69) is 12.2 Å². The monoisotopic (exact) mass is 444 g/mol. The van der Waals surface area contributed by atoms with Gasteiger partial charge >= 0.3 is 0 Å². The van der Waals surface area contributed by atoms with Crippen LogP contribution in [0.5, 0.6) is 0 Å². The van der Waals surface area contributed by atoms with Gasteiger partial charge in [-0.05, 0) is 68.0 Å². The first kappa shape index (κ1) is 23.4. The summed E-state index contributed by atoms with van der Waals surface area (Å²) >= 11 is 0. The van der Waals surface area contributed by atoms with Crippen LogP contribution in [0.1, 0.15) is 42.9 Å². The zero-order chi connectivity index (χ0) is 22.4. The quantitative estimate of drug-likeness (QED) is 0.633. The maximum atomic E-state index is 13.4. The van der Waals surface area contributed by atoms with Crippen LogP contribution in [0.2, 0.25) is 0 Å². The van der Waals surface area contributed by atoms with Crippen LogP contribution >= 0.6 is 0 Å². The van der Waals surface area contributed by atoms with Crippen molar-refractivity contribution in [1.82, 2.24) is 4.31 Å². The van der Waals surface area contributed by atoms with Gasteiger partial charge in [0.2, 0.25) is 15.9 Å². The molecule has 0 saturated carbocycles. The van der Waals surface area contributed by atoms with Crippen molar-refractivity contribution in [1.29, 1.82) is 0 Å². The molecule has 1 unspecified atom stereocenters. The lowest BCUT2D eigenvalue weighted by molar-refractivity contribution is -0.116. The molecule has 1 amide bonds. The van der Waals surface area contributed by atoms with E-state index in [1.165, 1.54) is 4.31 Å². The minimum Gasteiger partial charge on any atom is -0.377 e. The van der Waals surface area contributed by atoms with E-state index in [0.29, 0.717) is 12.3 Å². The van der Waals surface area contributed by atoms with Gasteiger partial charge in [0.25, 0.3) is 0 Å². The smallest absolute Gasteiger partial charge is 0.243 e. The summed E-state index contributed by atoms with van der Waals surface area (Å²) in [6.07, 6.45) is 3.40. The van der Waals surface area contributed by atoms with Gasteiger partial charge in [-0.3, -0.25) is 4.79 Å². The average Bonchev–Trinajstić information content (AvgIpc) is 3.25. The van der Waals surface area contributed by atoms with Crippen molar-refractivity contribution < 1.29 is 17.9 Å². The van der Waals surface area contributed by atoms with Crippen molar-refractivity contribution >= 4 is 21.6 Å². The standard InChI is InChI=1S/C24H32N2O4S/c1-4-7-20-11-13-22(14-12-20)31(28,29)26(16-21-9-6-15-30-21)17-24(27)25-23-10-5-8-18(2)19(23)3/h5,8,10-14,21H,4,6-7,9,15-17H2,1-3H3,(H,25,27). The normalized spacial score (nSPS) is 16.6. The minimum absolute atomic E-state index is 0.166. The summed E-state index contributed by atoms with van der Waals surface area (Å²) in [5.74, 6) is -0.363. The molecule has 0 aliphatic carbocycles. The maximum Gasteiger partial charge on any atom is 0.243 e. The summed E-state index contributed by atoms with van der Waals surface area (Å²) < 4.78 is 33.7. The van der Waals surface area contributed by atoms with Gasteiger partial charge in [-0.15, -0.1) is 0 Å². The summed E-state index contributed by atoms with van der Waals surface area (Å²) in [5.41, 5.74) is 3.83. The van der Waals surface area contributed by atoms with Gasteiger partial charge in [-0.25, -0.2) is 8.42 Å². The van der Waals surface area contributed by atoms with Crippen molar-refractivity contribution in [2.75, 3.05) is 25.0 Å². The summed E-state index contributed by atoms with van der Waals surface area (Å²) in [5, 5.41) is 2.87. The number of hydrogen-bond acceptors (Lipinski definition) is 4. The highest BCUT2D eigenvalue weighted by Gasteiger charge is 2.31. The maximum absolute atomic E-state index is 13.4. The summed E-state index contributed by atoms with van der Waals surface area (Å²) in [6, 6.07) is 12.6. The molecule has 3 rings (SSSR count). The Hall–Kier alpha value is -2.22. The molecule has 0 radical (unpaired) electrons. The van der Waals surface area contributed by atoms with Crippen molar-refractivity contribution in [2.24, 2.45) is 0 Å². The van der Waals surface area contributed by atoms with Crippen molar-refractivity contribution in [2.45, 2.75) is 57.5 Å². The Morgan fingerprint density at radius 2 is 1.90 bits per heavy atom. The van der Waals surface area contributed by atoms with Crippen LogP contribution in [0.15, 0.2) is 47.4 Å². The lowest BCUT2D eigenvalue weighted by atomic mass is 10.1. The molecule has 6 nitrogen and oxygen atoms in total. The predicted octanol–water partition coefficient (Wildman–Crippen LogP) is 4.06. The Morgan fingerprint density at radius 3 is 2.55 bits per heavy atom. The molecule has 1 heterocycles. The third-order valence-electron chi connectivity index (χ3n) is 5.73. The van der Waals surface area contributed by atoms with Crippen molar-refractivity contribution in [3.05, 3.63) is 59.2 Å². The number of sulfonamides is 1. The SMILES string of the molecule is CCCc1ccc(S(=O)(=O)N(CC(=O)Nc2cccc(C)c2C)CC2CCCO2)cc1. The highest BCUT2D eigenvalue weighted by atomic mass is 32.2. The molecule has 0 spiro atoms. The van der Waals surface area contributed by atoms with Crippen LogP contribution in [-0.4, -0.2) is 44.4 Å². The van der Waals surface area contributed by atoms with Crippen LogP contribution < -0.4 is 5.32 Å². The van der Waals surface area contributed by atoms with Gasteiger partial charge in [0.05, 0.1) is 17.5 Å². The molecule has 7 heteroatoms. The van der Waals surface area contributed by atoms with E-state index in [1.54, 1.807) is 12.1 Å². The number of carbonyl (C=O) groups excluding carboxylic acids is 1. The van der Waals surface area contributed by atoms with E-state index in [4.69, 9.17) is 4.74 Å². The molecular weight excluding hydrogens is 412 g/mol. The molecule has 2 aromatic rings. The highest BCUT2D eigenvalue weighted by Crippen LogP contribution is 2.22. The Balaban J connectivity index is 1.81. The van der Waals surface area contributed by atoms with Gasteiger partial charge in [-0.1, -0.05) is 37.6 Å². The van der Waals surface area contributed by atoms with Crippen LogP contribution in [0.25, 0.3) is 0 Å². The van der Waals surface area contributed by atoms with Crippen LogP contribution in [0.4, 0.5) is 5.69 Å². The van der Waals surface area contributed by atoms with Gasteiger partial charge in [0.1, 0.15) is 0 Å². The lowest BCUT2D eigenvalue weighted by Gasteiger charge is -2.24. The topological polar surface area (TPSA) is 75.7 Å². The minimum atomic E-state index is -3.83. The first-order valence-corrected chi connectivity index (χ1v) is 12.3. The first-order chi connectivity index (χ1) is 14.8. The molecule has 1 saturated heterocycles. The third kappa shape index (κ3) is 5.93. The Bertz CT molecular complexity index is 997. The van der Waals surface area contributed by atoms with Gasteiger partial charge in [0.15, 0.2) is 0 Å². The average molecular weight is 445 g/mol. The van der Waals surface area contributed by atoms with Crippen LogP contribution in [0, 0.1) is 13.8 Å². The number of nitrogens with zero attached hydrogens (tertiary/aromatic N) is 1. The predicted molar refractivity (Wildman–Crippen MR) is 123 cm³/mol. The van der Waals surface area contributed by atoms with E-state index in [1.807, 2.05) is 44.2 Å². The van der Waals surface area contributed by atoms with E-state index in [0.717, 1.165) is 42.4 Å². The molecule has 31 heavy (non-hydrogen) atoms. The zero-order valence-corrected chi connectivity index (χ0v) is 19.4. The second-order valence-electron chi connectivity index (χ2n) is 8.12. The van der Waals surface area contributed by atoms with Gasteiger partial charge in [0, 0.05) is 18.8 Å². The number of nitrogens with one attached hydrogen (secondary N) is 1. The molecule has 0 aromatic heterocycles. The zero-order valence-electron chi connectivity index (χ0n) is 18.6. The molecule has 2 aromatic carbocycles. The molecule has 168 valence electrons. The summed E-state index contributed by atoms with van der Waals surface area (Å²) in [4.78, 5) is 13.0. The fraction of sp³-hybridized carbons (Fsp3) is 0.458. The second kappa shape index (κ2) is 10.4. The Labute approximate surface area is 185 Å². The van der Waals surface area contributed by atoms with Crippen molar-refractivity contribution in [3.63, 3.8) is 0 Å². The molecule has 1 N–H and O–H groups in total.